The highest BCUT2D eigenvalue weighted by atomic mass is 16.5. The maximum absolute atomic E-state index is 12.1. The quantitative estimate of drug-likeness (QED) is 0.683. The Kier molecular flexibility index (Phi) is 5.71. The standard InChI is InChI=1S/C20H22N4O3/c1-13(2)18-23-19(27-24-18)14-8-10-16(11-9-14)22-20(25)21-12-15-6-4-5-7-17(15)26-3/h4-11,13H,12H2,1-3H3,(H2,21,22,25). The molecule has 1 aromatic heterocycles. The number of carbonyl (C=O) groups excluding carboxylic acids is 1. The van der Waals surface area contributed by atoms with Gasteiger partial charge in [0.1, 0.15) is 5.75 Å². The number of anilines is 1. The first-order valence-electron chi connectivity index (χ1n) is 8.67. The second kappa shape index (κ2) is 8.35. The lowest BCUT2D eigenvalue weighted by molar-refractivity contribution is 0.251. The van der Waals surface area contributed by atoms with E-state index >= 15 is 0 Å². The van der Waals surface area contributed by atoms with Gasteiger partial charge in [0.15, 0.2) is 5.82 Å². The van der Waals surface area contributed by atoms with Crippen molar-refractivity contribution in [2.24, 2.45) is 0 Å². The average molecular weight is 366 g/mol. The van der Waals surface area contributed by atoms with E-state index in [-0.39, 0.29) is 11.9 Å². The lowest BCUT2D eigenvalue weighted by Gasteiger charge is -2.10. The van der Waals surface area contributed by atoms with E-state index in [0.29, 0.717) is 23.9 Å². The third kappa shape index (κ3) is 4.63. The molecule has 3 rings (SSSR count). The number of amides is 2. The molecule has 0 saturated heterocycles. The van der Waals surface area contributed by atoms with Crippen molar-refractivity contribution < 1.29 is 14.1 Å². The Labute approximate surface area is 157 Å². The highest BCUT2D eigenvalue weighted by Gasteiger charge is 2.11. The number of ether oxygens (including phenoxy) is 1. The zero-order valence-electron chi connectivity index (χ0n) is 15.5. The Morgan fingerprint density at radius 3 is 2.56 bits per heavy atom. The highest BCUT2D eigenvalue weighted by Crippen LogP contribution is 2.22. The van der Waals surface area contributed by atoms with Crippen LogP contribution in [0.25, 0.3) is 11.5 Å². The maximum atomic E-state index is 12.1. The van der Waals surface area contributed by atoms with Crippen molar-refractivity contribution in [1.29, 1.82) is 0 Å². The topological polar surface area (TPSA) is 89.3 Å². The summed E-state index contributed by atoms with van der Waals surface area (Å²) in [7, 11) is 1.61. The van der Waals surface area contributed by atoms with E-state index < -0.39 is 0 Å². The van der Waals surface area contributed by atoms with E-state index in [9.17, 15) is 4.79 Å². The molecule has 0 aliphatic carbocycles. The summed E-state index contributed by atoms with van der Waals surface area (Å²) in [5.41, 5.74) is 2.37. The molecule has 3 aromatic rings. The molecule has 140 valence electrons. The van der Waals surface area contributed by atoms with Crippen LogP contribution in [0.4, 0.5) is 10.5 Å². The number of hydrogen-bond acceptors (Lipinski definition) is 5. The van der Waals surface area contributed by atoms with Crippen LogP contribution in [-0.2, 0) is 6.54 Å². The van der Waals surface area contributed by atoms with Crippen LogP contribution in [-0.4, -0.2) is 23.3 Å². The smallest absolute Gasteiger partial charge is 0.319 e. The van der Waals surface area contributed by atoms with Crippen LogP contribution in [0, 0.1) is 0 Å². The first-order chi connectivity index (χ1) is 13.1. The van der Waals surface area contributed by atoms with Gasteiger partial charge in [-0.1, -0.05) is 37.2 Å². The monoisotopic (exact) mass is 366 g/mol. The van der Waals surface area contributed by atoms with Crippen LogP contribution < -0.4 is 15.4 Å². The minimum atomic E-state index is -0.298. The second-order valence-electron chi connectivity index (χ2n) is 6.31. The van der Waals surface area contributed by atoms with E-state index in [0.717, 1.165) is 16.9 Å². The van der Waals surface area contributed by atoms with Crippen molar-refractivity contribution in [1.82, 2.24) is 15.5 Å². The normalized spacial score (nSPS) is 10.7. The van der Waals surface area contributed by atoms with Gasteiger partial charge in [0.2, 0.25) is 0 Å². The highest BCUT2D eigenvalue weighted by molar-refractivity contribution is 5.89. The molecule has 7 heteroatoms. The summed E-state index contributed by atoms with van der Waals surface area (Å²) >= 11 is 0. The van der Waals surface area contributed by atoms with Crippen LogP contribution in [0.15, 0.2) is 53.1 Å². The summed E-state index contributed by atoms with van der Waals surface area (Å²) in [6.07, 6.45) is 0. The molecule has 0 unspecified atom stereocenters. The van der Waals surface area contributed by atoms with Crippen LogP contribution in [0.1, 0.15) is 31.2 Å². The molecule has 2 aromatic carbocycles. The Morgan fingerprint density at radius 1 is 1.15 bits per heavy atom. The first-order valence-corrected chi connectivity index (χ1v) is 8.67. The zero-order chi connectivity index (χ0) is 19.2. The summed E-state index contributed by atoms with van der Waals surface area (Å²) in [6, 6.07) is 14.5. The number of carbonyl (C=O) groups is 1. The zero-order valence-corrected chi connectivity index (χ0v) is 15.5. The summed E-state index contributed by atoms with van der Waals surface area (Å²) in [5.74, 6) is 2.08. The Balaban J connectivity index is 1.58. The molecule has 27 heavy (non-hydrogen) atoms. The number of hydrogen-bond donors (Lipinski definition) is 2. The average Bonchev–Trinajstić information content (AvgIpc) is 3.18. The van der Waals surface area contributed by atoms with Gasteiger partial charge in [-0.2, -0.15) is 4.98 Å². The predicted molar refractivity (Wildman–Crippen MR) is 103 cm³/mol. The molecule has 0 spiro atoms. The lowest BCUT2D eigenvalue weighted by Crippen LogP contribution is -2.28. The van der Waals surface area contributed by atoms with Gasteiger partial charge in [0.25, 0.3) is 5.89 Å². The van der Waals surface area contributed by atoms with Gasteiger partial charge in [-0.25, -0.2) is 4.79 Å². The number of nitrogens with one attached hydrogen (secondary N) is 2. The van der Waals surface area contributed by atoms with Crippen molar-refractivity contribution in [2.45, 2.75) is 26.3 Å². The number of para-hydroxylation sites is 1. The fourth-order valence-electron chi connectivity index (χ4n) is 2.48. The first kappa shape index (κ1) is 18.4. The van der Waals surface area contributed by atoms with Crippen molar-refractivity contribution in [3.63, 3.8) is 0 Å². The predicted octanol–water partition coefficient (Wildman–Crippen LogP) is 4.19. The molecule has 0 radical (unpaired) electrons. The number of urea groups is 1. The summed E-state index contributed by atoms with van der Waals surface area (Å²) in [4.78, 5) is 16.5. The lowest BCUT2D eigenvalue weighted by atomic mass is 10.2. The SMILES string of the molecule is COc1ccccc1CNC(=O)Nc1ccc(-c2nc(C(C)C)no2)cc1. The Bertz CT molecular complexity index is 904. The van der Waals surface area contributed by atoms with Gasteiger partial charge in [-0.05, 0) is 30.3 Å². The minimum Gasteiger partial charge on any atom is -0.496 e. The summed E-state index contributed by atoms with van der Waals surface area (Å²) in [6.45, 7) is 4.38. The molecule has 0 atom stereocenters. The Morgan fingerprint density at radius 2 is 1.89 bits per heavy atom. The molecule has 0 aliphatic heterocycles. The van der Waals surface area contributed by atoms with Crippen LogP contribution in [0.2, 0.25) is 0 Å². The minimum absolute atomic E-state index is 0.204. The number of nitrogens with zero attached hydrogens (tertiary/aromatic N) is 2. The molecular formula is C20H22N4O3. The molecule has 7 nitrogen and oxygen atoms in total. The van der Waals surface area contributed by atoms with Crippen LogP contribution in [0.5, 0.6) is 5.75 Å². The van der Waals surface area contributed by atoms with Crippen molar-refractivity contribution in [3.05, 3.63) is 59.9 Å². The van der Waals surface area contributed by atoms with E-state index in [1.807, 2.05) is 50.2 Å². The largest absolute Gasteiger partial charge is 0.496 e. The molecule has 2 amide bonds. The van der Waals surface area contributed by atoms with Crippen molar-refractivity contribution in [2.75, 3.05) is 12.4 Å². The third-order valence-corrected chi connectivity index (χ3v) is 3.98. The van der Waals surface area contributed by atoms with E-state index in [4.69, 9.17) is 9.26 Å². The van der Waals surface area contributed by atoms with Crippen molar-refractivity contribution >= 4 is 11.7 Å². The van der Waals surface area contributed by atoms with Gasteiger partial charge in [-0.15, -0.1) is 0 Å². The molecule has 0 fully saturated rings. The maximum Gasteiger partial charge on any atom is 0.319 e. The summed E-state index contributed by atoms with van der Waals surface area (Å²) < 4.78 is 10.5. The van der Waals surface area contributed by atoms with Crippen molar-refractivity contribution in [3.8, 4) is 17.2 Å². The molecule has 0 bridgehead atoms. The number of aromatic nitrogens is 2. The van der Waals surface area contributed by atoms with Gasteiger partial charge >= 0.3 is 6.03 Å². The third-order valence-electron chi connectivity index (χ3n) is 3.98. The van der Waals surface area contributed by atoms with Crippen LogP contribution >= 0.6 is 0 Å². The van der Waals surface area contributed by atoms with Gasteiger partial charge < -0.3 is 19.9 Å². The van der Waals surface area contributed by atoms with Crippen LogP contribution in [0.3, 0.4) is 0 Å². The second-order valence-corrected chi connectivity index (χ2v) is 6.31. The van der Waals surface area contributed by atoms with E-state index in [1.54, 1.807) is 19.2 Å². The number of rotatable bonds is 6. The number of benzene rings is 2. The van der Waals surface area contributed by atoms with Gasteiger partial charge in [0, 0.05) is 29.3 Å². The molecule has 2 N–H and O–H groups in total. The van der Waals surface area contributed by atoms with E-state index in [1.165, 1.54) is 0 Å². The van der Waals surface area contributed by atoms with E-state index in [2.05, 4.69) is 20.8 Å². The van der Waals surface area contributed by atoms with Gasteiger partial charge in [0.05, 0.1) is 7.11 Å². The molecular weight excluding hydrogens is 344 g/mol. The Hall–Kier alpha value is -3.35. The molecule has 0 aliphatic rings. The number of methoxy groups -OCH3 is 1. The molecule has 0 saturated carbocycles. The molecule has 1 heterocycles. The van der Waals surface area contributed by atoms with Gasteiger partial charge in [-0.3, -0.25) is 0 Å². The summed E-state index contributed by atoms with van der Waals surface area (Å²) in [5, 5.41) is 9.56. The fraction of sp³-hybridized carbons (Fsp3) is 0.250. The fourth-order valence-corrected chi connectivity index (χ4v) is 2.48.